The van der Waals surface area contributed by atoms with Gasteiger partial charge in [0.15, 0.2) is 0 Å². The van der Waals surface area contributed by atoms with Gasteiger partial charge in [-0.1, -0.05) is 0 Å². The van der Waals surface area contributed by atoms with E-state index in [1.807, 2.05) is 0 Å². The summed E-state index contributed by atoms with van der Waals surface area (Å²) in [5.74, 6) is -0.285. The minimum atomic E-state index is -0.285. The molecule has 4 heteroatoms. The van der Waals surface area contributed by atoms with Crippen LogP contribution in [0.5, 0.6) is 0 Å². The summed E-state index contributed by atoms with van der Waals surface area (Å²) in [4.78, 5) is 0. The Balaban J connectivity index is 2.55. The summed E-state index contributed by atoms with van der Waals surface area (Å²) in [6, 6.07) is 4.50. The van der Waals surface area contributed by atoms with Crippen molar-refractivity contribution >= 4 is 5.69 Å². The molecule has 0 radical (unpaired) electrons. The molecule has 0 aliphatic heterocycles. The summed E-state index contributed by atoms with van der Waals surface area (Å²) in [6.07, 6.45) is 3.36. The number of aromatic nitrogens is 2. The fraction of sp³-hybridized carbons (Fsp3) is 0.100. The molecule has 0 aliphatic rings. The van der Waals surface area contributed by atoms with Crippen molar-refractivity contribution in [1.29, 1.82) is 0 Å². The monoisotopic (exact) mass is 191 g/mol. The first-order valence-electron chi connectivity index (χ1n) is 4.21. The molecule has 14 heavy (non-hydrogen) atoms. The third kappa shape index (κ3) is 1.46. The fourth-order valence-corrected chi connectivity index (χ4v) is 1.32. The largest absolute Gasteiger partial charge is 0.399 e. The van der Waals surface area contributed by atoms with Gasteiger partial charge >= 0.3 is 0 Å². The Labute approximate surface area is 81.0 Å². The lowest BCUT2D eigenvalue weighted by atomic mass is 10.1. The second-order valence-electron chi connectivity index (χ2n) is 3.14. The van der Waals surface area contributed by atoms with E-state index < -0.39 is 0 Å². The van der Waals surface area contributed by atoms with Gasteiger partial charge in [0, 0.05) is 30.1 Å². The van der Waals surface area contributed by atoms with Gasteiger partial charge in [0.1, 0.15) is 5.82 Å². The van der Waals surface area contributed by atoms with Crippen molar-refractivity contribution in [2.45, 2.75) is 0 Å². The van der Waals surface area contributed by atoms with Gasteiger partial charge in [-0.25, -0.2) is 4.39 Å². The minimum Gasteiger partial charge on any atom is -0.399 e. The van der Waals surface area contributed by atoms with Gasteiger partial charge in [-0.15, -0.1) is 0 Å². The van der Waals surface area contributed by atoms with E-state index in [9.17, 15) is 4.39 Å². The van der Waals surface area contributed by atoms with Gasteiger partial charge in [-0.05, 0) is 18.2 Å². The molecule has 72 valence electrons. The summed E-state index contributed by atoms with van der Waals surface area (Å²) in [6.45, 7) is 0. The van der Waals surface area contributed by atoms with E-state index in [4.69, 9.17) is 5.73 Å². The zero-order chi connectivity index (χ0) is 10.1. The molecule has 1 aromatic heterocycles. The van der Waals surface area contributed by atoms with Crippen molar-refractivity contribution in [3.05, 3.63) is 36.4 Å². The first kappa shape index (κ1) is 8.74. The number of aryl methyl sites for hydroxylation is 1. The smallest absolute Gasteiger partial charge is 0.131 e. The number of nitrogens with zero attached hydrogens (tertiary/aromatic N) is 2. The lowest BCUT2D eigenvalue weighted by molar-refractivity contribution is 0.631. The van der Waals surface area contributed by atoms with E-state index in [2.05, 4.69) is 5.10 Å². The first-order chi connectivity index (χ1) is 6.66. The van der Waals surface area contributed by atoms with Gasteiger partial charge in [-0.2, -0.15) is 5.10 Å². The number of anilines is 1. The molecule has 0 bridgehead atoms. The first-order valence-corrected chi connectivity index (χ1v) is 4.21. The summed E-state index contributed by atoms with van der Waals surface area (Å²) >= 11 is 0. The molecule has 0 saturated carbocycles. The predicted octanol–water partition coefficient (Wildman–Crippen LogP) is 1.81. The molecule has 0 saturated heterocycles. The number of hydrogen-bond donors (Lipinski definition) is 1. The van der Waals surface area contributed by atoms with Crippen LogP contribution in [-0.4, -0.2) is 9.78 Å². The highest BCUT2D eigenvalue weighted by atomic mass is 19.1. The minimum absolute atomic E-state index is 0.285. The molecule has 1 aromatic carbocycles. The SMILES string of the molecule is Cn1cc(-c2cc(N)ccc2F)cn1. The van der Waals surface area contributed by atoms with E-state index >= 15 is 0 Å². The molecule has 3 nitrogen and oxygen atoms in total. The Morgan fingerprint density at radius 3 is 2.86 bits per heavy atom. The number of nitrogen functional groups attached to an aromatic ring is 1. The average Bonchev–Trinajstić information content (AvgIpc) is 2.56. The van der Waals surface area contributed by atoms with Crippen LogP contribution < -0.4 is 5.73 Å². The zero-order valence-corrected chi connectivity index (χ0v) is 7.74. The molecular weight excluding hydrogens is 181 g/mol. The van der Waals surface area contributed by atoms with E-state index in [1.54, 1.807) is 30.2 Å². The van der Waals surface area contributed by atoms with Gasteiger partial charge in [0.05, 0.1) is 6.20 Å². The molecule has 0 amide bonds. The van der Waals surface area contributed by atoms with Crippen molar-refractivity contribution in [2.75, 3.05) is 5.73 Å². The maximum absolute atomic E-state index is 13.4. The summed E-state index contributed by atoms with van der Waals surface area (Å²) in [7, 11) is 1.79. The van der Waals surface area contributed by atoms with Crippen molar-refractivity contribution < 1.29 is 4.39 Å². The number of hydrogen-bond acceptors (Lipinski definition) is 2. The zero-order valence-electron chi connectivity index (χ0n) is 7.74. The quantitative estimate of drug-likeness (QED) is 0.698. The summed E-state index contributed by atoms with van der Waals surface area (Å²) in [5.41, 5.74) is 7.34. The maximum Gasteiger partial charge on any atom is 0.131 e. The van der Waals surface area contributed by atoms with Crippen molar-refractivity contribution in [1.82, 2.24) is 9.78 Å². The number of halogens is 1. The highest BCUT2D eigenvalue weighted by Crippen LogP contribution is 2.23. The van der Waals surface area contributed by atoms with E-state index in [-0.39, 0.29) is 5.82 Å². The van der Waals surface area contributed by atoms with Crippen LogP contribution in [0.1, 0.15) is 0 Å². The van der Waals surface area contributed by atoms with Crippen LogP contribution in [0.3, 0.4) is 0 Å². The van der Waals surface area contributed by atoms with Crippen molar-refractivity contribution in [2.24, 2.45) is 7.05 Å². The van der Waals surface area contributed by atoms with Crippen molar-refractivity contribution in [3.8, 4) is 11.1 Å². The van der Waals surface area contributed by atoms with Crippen LogP contribution in [0.2, 0.25) is 0 Å². The topological polar surface area (TPSA) is 43.8 Å². The van der Waals surface area contributed by atoms with Gasteiger partial charge in [0.2, 0.25) is 0 Å². The Morgan fingerprint density at radius 1 is 1.43 bits per heavy atom. The maximum atomic E-state index is 13.4. The molecular formula is C10H10FN3. The average molecular weight is 191 g/mol. The molecule has 2 aromatic rings. The molecule has 0 atom stereocenters. The van der Waals surface area contributed by atoms with Crippen LogP contribution in [-0.2, 0) is 7.05 Å². The second-order valence-corrected chi connectivity index (χ2v) is 3.14. The molecule has 2 rings (SSSR count). The number of rotatable bonds is 1. The highest BCUT2D eigenvalue weighted by molar-refractivity contribution is 5.66. The van der Waals surface area contributed by atoms with Gasteiger partial charge < -0.3 is 5.73 Å². The summed E-state index contributed by atoms with van der Waals surface area (Å²) < 4.78 is 15.0. The highest BCUT2D eigenvalue weighted by Gasteiger charge is 2.06. The third-order valence-corrected chi connectivity index (χ3v) is 2.01. The Bertz CT molecular complexity index is 462. The fourth-order valence-electron chi connectivity index (χ4n) is 1.32. The summed E-state index contributed by atoms with van der Waals surface area (Å²) in [5, 5.41) is 3.97. The van der Waals surface area contributed by atoms with Crippen LogP contribution in [0.4, 0.5) is 10.1 Å². The van der Waals surface area contributed by atoms with E-state index in [0.717, 1.165) is 5.56 Å². The number of nitrogens with two attached hydrogens (primary N) is 1. The molecule has 2 N–H and O–H groups in total. The Hall–Kier alpha value is -1.84. The molecule has 0 fully saturated rings. The van der Waals surface area contributed by atoms with Crippen LogP contribution in [0, 0.1) is 5.82 Å². The van der Waals surface area contributed by atoms with Crippen LogP contribution in [0.25, 0.3) is 11.1 Å². The van der Waals surface area contributed by atoms with Crippen LogP contribution >= 0.6 is 0 Å². The molecule has 0 unspecified atom stereocenters. The van der Waals surface area contributed by atoms with Gasteiger partial charge in [-0.3, -0.25) is 4.68 Å². The predicted molar refractivity (Wildman–Crippen MR) is 53.0 cm³/mol. The van der Waals surface area contributed by atoms with Crippen molar-refractivity contribution in [3.63, 3.8) is 0 Å². The van der Waals surface area contributed by atoms with E-state index in [0.29, 0.717) is 11.3 Å². The second kappa shape index (κ2) is 3.14. The normalized spacial score (nSPS) is 10.4. The van der Waals surface area contributed by atoms with E-state index in [1.165, 1.54) is 12.1 Å². The number of benzene rings is 1. The lowest BCUT2D eigenvalue weighted by Gasteiger charge is -2.00. The third-order valence-electron chi connectivity index (χ3n) is 2.01. The molecule has 0 aliphatic carbocycles. The molecule has 1 heterocycles. The molecule has 0 spiro atoms. The van der Waals surface area contributed by atoms with Gasteiger partial charge in [0.25, 0.3) is 0 Å². The standard InChI is InChI=1S/C10H10FN3/c1-14-6-7(5-13-14)9-4-8(12)2-3-10(9)11/h2-6H,12H2,1H3. The van der Waals surface area contributed by atoms with Crippen LogP contribution in [0.15, 0.2) is 30.6 Å². The Kier molecular flexibility index (Phi) is 1.96. The lowest BCUT2D eigenvalue weighted by Crippen LogP contribution is -1.88. The Morgan fingerprint density at radius 2 is 2.21 bits per heavy atom.